The largest absolute Gasteiger partial charge is 0.466 e. The third-order valence-electron chi connectivity index (χ3n) is 4.75. The van der Waals surface area contributed by atoms with E-state index in [2.05, 4.69) is 22.0 Å². The minimum absolute atomic E-state index is 0.0727. The van der Waals surface area contributed by atoms with Crippen molar-refractivity contribution in [2.24, 2.45) is 5.92 Å². The Kier molecular flexibility index (Phi) is 7.44. The second-order valence-electron chi connectivity index (χ2n) is 6.56. The van der Waals surface area contributed by atoms with Gasteiger partial charge < -0.3 is 9.64 Å². The van der Waals surface area contributed by atoms with E-state index in [0.29, 0.717) is 26.2 Å². The Bertz CT molecular complexity index is 608. The van der Waals surface area contributed by atoms with Gasteiger partial charge >= 0.3 is 5.97 Å². The standard InChI is InChI=1S/C19H27BrN2O3/c1-4-25-19(24)16-9-7-11-22(13-16)18(23)14(2)21(3)12-15-8-5-6-10-17(15)20/h5-6,8,10,14,16H,4,7,9,11-13H2,1-3H3. The molecule has 1 amide bonds. The number of halogens is 1. The van der Waals surface area contributed by atoms with E-state index >= 15 is 0 Å². The molecule has 0 aromatic heterocycles. The highest BCUT2D eigenvalue weighted by Crippen LogP contribution is 2.21. The fourth-order valence-electron chi connectivity index (χ4n) is 3.11. The monoisotopic (exact) mass is 410 g/mol. The van der Waals surface area contributed by atoms with E-state index in [4.69, 9.17) is 4.74 Å². The van der Waals surface area contributed by atoms with Gasteiger partial charge in [-0.2, -0.15) is 0 Å². The molecule has 2 atom stereocenters. The zero-order valence-electron chi connectivity index (χ0n) is 15.2. The summed E-state index contributed by atoms with van der Waals surface area (Å²) in [5.74, 6) is -0.309. The number of rotatable bonds is 6. The SMILES string of the molecule is CCOC(=O)C1CCCN(C(=O)C(C)N(C)Cc2ccccc2Br)C1. The Balaban J connectivity index is 1.96. The van der Waals surface area contributed by atoms with Crippen molar-refractivity contribution in [2.75, 3.05) is 26.7 Å². The Morgan fingerprint density at radius 1 is 1.40 bits per heavy atom. The van der Waals surface area contributed by atoms with Crippen molar-refractivity contribution in [3.63, 3.8) is 0 Å². The molecule has 1 aromatic rings. The van der Waals surface area contributed by atoms with Gasteiger partial charge in [-0.1, -0.05) is 34.1 Å². The first-order valence-electron chi connectivity index (χ1n) is 8.83. The molecule has 1 heterocycles. The lowest BCUT2D eigenvalue weighted by Crippen LogP contribution is -2.50. The molecule has 0 spiro atoms. The van der Waals surface area contributed by atoms with Crippen molar-refractivity contribution in [3.05, 3.63) is 34.3 Å². The third kappa shape index (κ3) is 5.28. The highest BCUT2D eigenvalue weighted by atomic mass is 79.9. The molecule has 138 valence electrons. The fourth-order valence-corrected chi connectivity index (χ4v) is 3.52. The van der Waals surface area contributed by atoms with Gasteiger partial charge in [-0.15, -0.1) is 0 Å². The van der Waals surface area contributed by atoms with Crippen LogP contribution in [0, 0.1) is 5.92 Å². The second-order valence-corrected chi connectivity index (χ2v) is 7.41. The normalized spacial score (nSPS) is 18.9. The molecule has 0 radical (unpaired) electrons. The van der Waals surface area contributed by atoms with Crippen molar-refractivity contribution >= 4 is 27.8 Å². The second kappa shape index (κ2) is 9.34. The Labute approximate surface area is 158 Å². The number of nitrogens with zero attached hydrogens (tertiary/aromatic N) is 2. The number of hydrogen-bond donors (Lipinski definition) is 0. The smallest absolute Gasteiger partial charge is 0.310 e. The number of esters is 1. The van der Waals surface area contributed by atoms with Gasteiger partial charge in [-0.25, -0.2) is 0 Å². The van der Waals surface area contributed by atoms with Gasteiger partial charge in [-0.3, -0.25) is 14.5 Å². The minimum atomic E-state index is -0.243. The average Bonchev–Trinajstić information content (AvgIpc) is 2.62. The van der Waals surface area contributed by atoms with Gasteiger partial charge in [0.15, 0.2) is 0 Å². The first kappa shape index (κ1) is 19.9. The average molecular weight is 411 g/mol. The number of piperidine rings is 1. The number of carbonyl (C=O) groups excluding carboxylic acids is 2. The van der Waals surface area contributed by atoms with Crippen molar-refractivity contribution in [1.82, 2.24) is 9.80 Å². The van der Waals surface area contributed by atoms with Crippen LogP contribution in [0.4, 0.5) is 0 Å². The van der Waals surface area contributed by atoms with Crippen molar-refractivity contribution in [1.29, 1.82) is 0 Å². The van der Waals surface area contributed by atoms with E-state index in [1.807, 2.05) is 48.9 Å². The maximum absolute atomic E-state index is 12.9. The summed E-state index contributed by atoms with van der Waals surface area (Å²) in [6.07, 6.45) is 1.64. The first-order valence-corrected chi connectivity index (χ1v) is 9.62. The lowest BCUT2D eigenvalue weighted by Gasteiger charge is -2.35. The lowest BCUT2D eigenvalue weighted by molar-refractivity contribution is -0.152. The lowest BCUT2D eigenvalue weighted by atomic mass is 9.97. The molecule has 5 nitrogen and oxygen atoms in total. The number of ether oxygens (including phenoxy) is 1. The molecule has 2 unspecified atom stereocenters. The van der Waals surface area contributed by atoms with Crippen LogP contribution in [0.25, 0.3) is 0 Å². The van der Waals surface area contributed by atoms with Crippen LogP contribution >= 0.6 is 15.9 Å². The molecule has 0 bridgehead atoms. The van der Waals surface area contributed by atoms with Gasteiger partial charge in [0.05, 0.1) is 18.6 Å². The fraction of sp³-hybridized carbons (Fsp3) is 0.579. The number of benzene rings is 1. The highest BCUT2D eigenvalue weighted by molar-refractivity contribution is 9.10. The maximum Gasteiger partial charge on any atom is 0.310 e. The zero-order chi connectivity index (χ0) is 18.4. The highest BCUT2D eigenvalue weighted by Gasteiger charge is 2.32. The van der Waals surface area contributed by atoms with Gasteiger partial charge in [0, 0.05) is 24.1 Å². The summed E-state index contributed by atoms with van der Waals surface area (Å²) in [6, 6.07) is 7.79. The van der Waals surface area contributed by atoms with Gasteiger partial charge in [0.2, 0.25) is 5.91 Å². The van der Waals surface area contributed by atoms with Crippen LogP contribution in [0.3, 0.4) is 0 Å². The van der Waals surface area contributed by atoms with Crippen LogP contribution < -0.4 is 0 Å². The molecule has 0 N–H and O–H groups in total. The van der Waals surface area contributed by atoms with Crippen LogP contribution in [-0.2, 0) is 20.9 Å². The van der Waals surface area contributed by atoms with Crippen LogP contribution in [0.15, 0.2) is 28.7 Å². The molecule has 1 aromatic carbocycles. The van der Waals surface area contributed by atoms with Crippen molar-refractivity contribution in [2.45, 2.75) is 39.3 Å². The van der Waals surface area contributed by atoms with Crippen LogP contribution in [0.1, 0.15) is 32.3 Å². The summed E-state index contributed by atoms with van der Waals surface area (Å²) in [5.41, 5.74) is 1.15. The number of likely N-dealkylation sites (tertiary alicyclic amines) is 1. The first-order chi connectivity index (χ1) is 11.9. The predicted molar refractivity (Wildman–Crippen MR) is 101 cm³/mol. The van der Waals surface area contributed by atoms with E-state index in [1.54, 1.807) is 0 Å². The molecule has 6 heteroatoms. The van der Waals surface area contributed by atoms with Crippen LogP contribution in [0.5, 0.6) is 0 Å². The zero-order valence-corrected chi connectivity index (χ0v) is 16.8. The summed E-state index contributed by atoms with van der Waals surface area (Å²) >= 11 is 3.55. The minimum Gasteiger partial charge on any atom is -0.466 e. The number of hydrogen-bond acceptors (Lipinski definition) is 4. The van der Waals surface area contributed by atoms with E-state index in [-0.39, 0.29) is 23.8 Å². The molecular formula is C19H27BrN2O3. The summed E-state index contributed by atoms with van der Waals surface area (Å²) in [7, 11) is 1.95. The topological polar surface area (TPSA) is 49.9 Å². The summed E-state index contributed by atoms with van der Waals surface area (Å²) in [6.45, 7) is 5.97. The molecule has 1 aliphatic rings. The Hall–Kier alpha value is -1.40. The van der Waals surface area contributed by atoms with Crippen molar-refractivity contribution < 1.29 is 14.3 Å². The van der Waals surface area contributed by atoms with E-state index in [0.717, 1.165) is 22.9 Å². The van der Waals surface area contributed by atoms with Crippen LogP contribution in [0.2, 0.25) is 0 Å². The van der Waals surface area contributed by atoms with Crippen molar-refractivity contribution in [3.8, 4) is 0 Å². The van der Waals surface area contributed by atoms with Gasteiger partial charge in [-0.05, 0) is 45.4 Å². The predicted octanol–water partition coefficient (Wildman–Crippen LogP) is 3.07. The summed E-state index contributed by atoms with van der Waals surface area (Å²) < 4.78 is 6.16. The third-order valence-corrected chi connectivity index (χ3v) is 5.52. The van der Waals surface area contributed by atoms with E-state index < -0.39 is 0 Å². The molecule has 25 heavy (non-hydrogen) atoms. The molecule has 0 saturated carbocycles. The van der Waals surface area contributed by atoms with Gasteiger partial charge in [0.25, 0.3) is 0 Å². The molecule has 2 rings (SSSR count). The maximum atomic E-state index is 12.9. The quantitative estimate of drug-likeness (QED) is 0.676. The van der Waals surface area contributed by atoms with Crippen LogP contribution in [-0.4, -0.2) is 54.5 Å². The van der Waals surface area contributed by atoms with E-state index in [9.17, 15) is 9.59 Å². The molecule has 1 saturated heterocycles. The van der Waals surface area contributed by atoms with Gasteiger partial charge in [0.1, 0.15) is 0 Å². The summed E-state index contributed by atoms with van der Waals surface area (Å²) in [4.78, 5) is 28.7. The number of amides is 1. The number of likely N-dealkylation sites (N-methyl/N-ethyl adjacent to an activating group) is 1. The molecule has 1 aliphatic heterocycles. The molecule has 1 fully saturated rings. The molecule has 0 aliphatic carbocycles. The number of carbonyl (C=O) groups is 2. The van der Waals surface area contributed by atoms with E-state index in [1.165, 1.54) is 0 Å². The summed E-state index contributed by atoms with van der Waals surface area (Å²) in [5, 5.41) is 0. The Morgan fingerprint density at radius 2 is 2.12 bits per heavy atom. The Morgan fingerprint density at radius 3 is 2.80 bits per heavy atom. The molecular weight excluding hydrogens is 384 g/mol.